The normalized spacial score (nSPS) is 23.6. The van der Waals surface area contributed by atoms with Gasteiger partial charge in [0.1, 0.15) is 11.6 Å². The van der Waals surface area contributed by atoms with E-state index in [1.165, 1.54) is 12.8 Å². The van der Waals surface area contributed by atoms with Gasteiger partial charge in [0.2, 0.25) is 5.91 Å². The van der Waals surface area contributed by atoms with Gasteiger partial charge in [-0.3, -0.25) is 9.69 Å². The van der Waals surface area contributed by atoms with E-state index in [1.54, 1.807) is 0 Å². The van der Waals surface area contributed by atoms with Crippen LogP contribution in [0.15, 0.2) is 18.2 Å². The molecule has 0 aromatic heterocycles. The largest absolute Gasteiger partial charge is 0.352 e. The van der Waals surface area contributed by atoms with Gasteiger partial charge in [-0.1, -0.05) is 0 Å². The molecule has 2 heterocycles. The third-order valence-electron chi connectivity index (χ3n) is 5.38. The number of piperidine rings is 2. The first-order valence-corrected chi connectivity index (χ1v) is 9.17. The molecule has 1 amide bonds. The molecule has 3 rings (SSSR count). The third kappa shape index (κ3) is 4.98. The van der Waals surface area contributed by atoms with Gasteiger partial charge < -0.3 is 10.2 Å². The molecular formula is C19H27F2N3O. The smallest absolute Gasteiger partial charge is 0.224 e. The summed E-state index contributed by atoms with van der Waals surface area (Å²) < 4.78 is 26.9. The molecule has 2 aliphatic heterocycles. The van der Waals surface area contributed by atoms with Crippen molar-refractivity contribution in [2.45, 2.75) is 44.2 Å². The van der Waals surface area contributed by atoms with E-state index in [0.717, 1.165) is 57.2 Å². The first-order chi connectivity index (χ1) is 12.0. The van der Waals surface area contributed by atoms with Crippen LogP contribution in [0.4, 0.5) is 8.78 Å². The fourth-order valence-corrected chi connectivity index (χ4v) is 3.95. The van der Waals surface area contributed by atoms with Crippen molar-refractivity contribution < 1.29 is 13.6 Å². The molecule has 0 bridgehead atoms. The summed E-state index contributed by atoms with van der Waals surface area (Å²) in [6.07, 6.45) is 4.23. The van der Waals surface area contributed by atoms with E-state index < -0.39 is 11.6 Å². The highest BCUT2D eigenvalue weighted by atomic mass is 19.1. The van der Waals surface area contributed by atoms with E-state index in [4.69, 9.17) is 0 Å². The molecule has 1 aromatic rings. The van der Waals surface area contributed by atoms with Crippen LogP contribution in [0.25, 0.3) is 0 Å². The van der Waals surface area contributed by atoms with Gasteiger partial charge in [-0.2, -0.15) is 0 Å². The predicted molar refractivity (Wildman–Crippen MR) is 93.3 cm³/mol. The van der Waals surface area contributed by atoms with Gasteiger partial charge in [0.05, 0.1) is 6.42 Å². The Balaban J connectivity index is 1.52. The maximum atomic E-state index is 13.7. The Bertz CT molecular complexity index is 602. The number of hydrogen-bond acceptors (Lipinski definition) is 3. The van der Waals surface area contributed by atoms with Crippen LogP contribution < -0.4 is 5.32 Å². The molecule has 2 saturated heterocycles. The molecule has 6 heteroatoms. The maximum Gasteiger partial charge on any atom is 0.224 e. The first-order valence-electron chi connectivity index (χ1n) is 9.17. The second-order valence-corrected chi connectivity index (χ2v) is 7.35. The van der Waals surface area contributed by atoms with Crippen LogP contribution in [0.5, 0.6) is 0 Å². The Hall–Kier alpha value is -1.53. The second-order valence-electron chi connectivity index (χ2n) is 7.35. The zero-order chi connectivity index (χ0) is 17.8. The Morgan fingerprint density at radius 3 is 2.72 bits per heavy atom. The second kappa shape index (κ2) is 8.23. The van der Waals surface area contributed by atoms with E-state index in [1.807, 2.05) is 0 Å². The number of amides is 1. The molecule has 0 saturated carbocycles. The van der Waals surface area contributed by atoms with Gasteiger partial charge >= 0.3 is 0 Å². The summed E-state index contributed by atoms with van der Waals surface area (Å²) in [5.41, 5.74) is 0.112. The predicted octanol–water partition coefficient (Wildman–Crippen LogP) is 2.18. The van der Waals surface area contributed by atoms with Gasteiger partial charge in [-0.25, -0.2) is 8.78 Å². The summed E-state index contributed by atoms with van der Waals surface area (Å²) >= 11 is 0. The SMILES string of the molecule is CN1CCC(N2CCC[C@@H](NC(=O)Cc3cc(F)ccc3F)C2)CC1. The van der Waals surface area contributed by atoms with Crippen LogP contribution in [0.3, 0.4) is 0 Å². The lowest BCUT2D eigenvalue weighted by Crippen LogP contribution is -2.53. The lowest BCUT2D eigenvalue weighted by atomic mass is 9.98. The highest BCUT2D eigenvalue weighted by Gasteiger charge is 2.28. The van der Waals surface area contributed by atoms with Crippen molar-refractivity contribution in [3.63, 3.8) is 0 Å². The minimum atomic E-state index is -0.534. The number of nitrogens with one attached hydrogen (secondary N) is 1. The van der Waals surface area contributed by atoms with Crippen molar-refractivity contribution in [2.75, 3.05) is 33.2 Å². The van der Waals surface area contributed by atoms with E-state index in [-0.39, 0.29) is 23.9 Å². The average Bonchev–Trinajstić information content (AvgIpc) is 2.59. The van der Waals surface area contributed by atoms with Gasteiger partial charge in [0.15, 0.2) is 0 Å². The molecule has 1 N–H and O–H groups in total. The van der Waals surface area contributed by atoms with Crippen molar-refractivity contribution in [3.05, 3.63) is 35.4 Å². The number of likely N-dealkylation sites (tertiary alicyclic amines) is 2. The lowest BCUT2D eigenvalue weighted by molar-refractivity contribution is -0.121. The lowest BCUT2D eigenvalue weighted by Gasteiger charge is -2.41. The molecule has 2 fully saturated rings. The van der Waals surface area contributed by atoms with Crippen molar-refractivity contribution >= 4 is 5.91 Å². The van der Waals surface area contributed by atoms with Gasteiger partial charge in [0, 0.05) is 24.2 Å². The van der Waals surface area contributed by atoms with Gasteiger partial charge in [-0.15, -0.1) is 0 Å². The van der Waals surface area contributed by atoms with Gasteiger partial charge in [-0.05, 0) is 70.6 Å². The third-order valence-corrected chi connectivity index (χ3v) is 5.38. The van der Waals surface area contributed by atoms with Crippen molar-refractivity contribution in [1.82, 2.24) is 15.1 Å². The van der Waals surface area contributed by atoms with Crippen LogP contribution in [0, 0.1) is 11.6 Å². The minimum absolute atomic E-state index is 0.0949. The highest BCUT2D eigenvalue weighted by Crippen LogP contribution is 2.20. The Kier molecular flexibility index (Phi) is 6.02. The number of nitrogens with zero attached hydrogens (tertiary/aromatic N) is 2. The van der Waals surface area contributed by atoms with Crippen LogP contribution >= 0.6 is 0 Å². The standard InChI is InChI=1S/C19H27F2N3O/c1-23-9-6-17(7-10-23)24-8-2-3-16(13-24)22-19(25)12-14-11-15(20)4-5-18(14)21/h4-5,11,16-17H,2-3,6-10,12-13H2,1H3,(H,22,25)/t16-/m1/s1. The Labute approximate surface area is 148 Å². The molecule has 25 heavy (non-hydrogen) atoms. The number of rotatable bonds is 4. The highest BCUT2D eigenvalue weighted by molar-refractivity contribution is 5.78. The molecule has 138 valence electrons. The van der Waals surface area contributed by atoms with Crippen LogP contribution in [-0.4, -0.2) is 61.0 Å². The van der Waals surface area contributed by atoms with Crippen LogP contribution in [-0.2, 0) is 11.2 Å². The summed E-state index contributed by atoms with van der Waals surface area (Å²) in [6, 6.07) is 3.92. The van der Waals surface area contributed by atoms with E-state index >= 15 is 0 Å². The molecule has 0 radical (unpaired) electrons. The van der Waals surface area contributed by atoms with E-state index in [9.17, 15) is 13.6 Å². The number of halogens is 2. The summed E-state index contributed by atoms with van der Waals surface area (Å²) in [4.78, 5) is 17.1. The van der Waals surface area contributed by atoms with Crippen LogP contribution in [0.1, 0.15) is 31.2 Å². The minimum Gasteiger partial charge on any atom is -0.352 e. The van der Waals surface area contributed by atoms with Crippen molar-refractivity contribution in [1.29, 1.82) is 0 Å². The number of hydrogen-bond donors (Lipinski definition) is 1. The molecule has 0 aliphatic carbocycles. The summed E-state index contributed by atoms with van der Waals surface area (Å²) in [5.74, 6) is -1.29. The summed E-state index contributed by atoms with van der Waals surface area (Å²) in [5, 5.41) is 3.01. The molecule has 0 unspecified atom stereocenters. The average molecular weight is 351 g/mol. The van der Waals surface area contributed by atoms with Crippen molar-refractivity contribution in [2.24, 2.45) is 0 Å². The fraction of sp³-hybridized carbons (Fsp3) is 0.632. The maximum absolute atomic E-state index is 13.7. The van der Waals surface area contributed by atoms with Crippen molar-refractivity contribution in [3.8, 4) is 0 Å². The molecule has 1 atom stereocenters. The summed E-state index contributed by atoms with van der Waals surface area (Å²) in [7, 11) is 2.15. The molecular weight excluding hydrogens is 324 g/mol. The zero-order valence-electron chi connectivity index (χ0n) is 14.8. The number of carbonyl (C=O) groups is 1. The molecule has 2 aliphatic rings. The van der Waals surface area contributed by atoms with E-state index in [0.29, 0.717) is 6.04 Å². The molecule has 0 spiro atoms. The number of carbonyl (C=O) groups excluding carboxylic acids is 1. The quantitative estimate of drug-likeness (QED) is 0.903. The Morgan fingerprint density at radius 2 is 1.96 bits per heavy atom. The fourth-order valence-electron chi connectivity index (χ4n) is 3.95. The van der Waals surface area contributed by atoms with Crippen LogP contribution in [0.2, 0.25) is 0 Å². The number of benzene rings is 1. The molecule has 4 nitrogen and oxygen atoms in total. The molecule has 1 aromatic carbocycles. The Morgan fingerprint density at radius 1 is 1.20 bits per heavy atom. The summed E-state index contributed by atoms with van der Waals surface area (Å²) in [6.45, 7) is 4.18. The van der Waals surface area contributed by atoms with E-state index in [2.05, 4.69) is 22.2 Å². The zero-order valence-corrected chi connectivity index (χ0v) is 14.8. The topological polar surface area (TPSA) is 35.6 Å². The van der Waals surface area contributed by atoms with Gasteiger partial charge in [0.25, 0.3) is 0 Å². The monoisotopic (exact) mass is 351 g/mol. The first kappa shape index (κ1) is 18.3.